The molecule has 0 saturated carbocycles. The number of nitrogens with zero attached hydrogens (tertiary/aromatic N) is 1. The monoisotopic (exact) mass is 168 g/mol. The minimum absolute atomic E-state index is 0.731. The van der Waals surface area contributed by atoms with Gasteiger partial charge in [0.2, 0.25) is 0 Å². The van der Waals surface area contributed by atoms with E-state index in [0.717, 1.165) is 19.4 Å². The standard InChI is InChI=1S/C8H12N2S/c9-5-3-1-2-4-8-10-6-7-11-8/h1-2,6-7H,3-5,9H2. The highest BCUT2D eigenvalue weighted by molar-refractivity contribution is 7.09. The molecule has 0 amide bonds. The van der Waals surface area contributed by atoms with E-state index in [2.05, 4.69) is 17.1 Å². The summed E-state index contributed by atoms with van der Waals surface area (Å²) in [7, 11) is 0. The second-order valence-electron chi connectivity index (χ2n) is 2.18. The van der Waals surface area contributed by atoms with Crippen LogP contribution in [0, 0.1) is 0 Å². The summed E-state index contributed by atoms with van der Waals surface area (Å²) in [4.78, 5) is 4.15. The fourth-order valence-corrected chi connectivity index (χ4v) is 1.34. The van der Waals surface area contributed by atoms with E-state index in [4.69, 9.17) is 5.73 Å². The van der Waals surface area contributed by atoms with Gasteiger partial charge in [-0.3, -0.25) is 0 Å². The number of allylic oxidation sites excluding steroid dienone is 1. The van der Waals surface area contributed by atoms with Crippen molar-refractivity contribution in [3.8, 4) is 0 Å². The zero-order valence-corrected chi connectivity index (χ0v) is 7.18. The van der Waals surface area contributed by atoms with Crippen LogP contribution >= 0.6 is 11.3 Å². The maximum Gasteiger partial charge on any atom is 0.0962 e. The molecule has 0 fully saturated rings. The summed E-state index contributed by atoms with van der Waals surface area (Å²) >= 11 is 1.69. The lowest BCUT2D eigenvalue weighted by atomic mass is 10.3. The van der Waals surface area contributed by atoms with E-state index in [9.17, 15) is 0 Å². The van der Waals surface area contributed by atoms with Crippen molar-refractivity contribution in [1.82, 2.24) is 4.98 Å². The fraction of sp³-hybridized carbons (Fsp3) is 0.375. The van der Waals surface area contributed by atoms with E-state index in [1.54, 1.807) is 11.3 Å². The number of hydrogen-bond acceptors (Lipinski definition) is 3. The second-order valence-corrected chi connectivity index (χ2v) is 3.16. The first kappa shape index (κ1) is 8.43. The van der Waals surface area contributed by atoms with Crippen molar-refractivity contribution in [2.45, 2.75) is 12.8 Å². The SMILES string of the molecule is NCCC=CCc1nccs1. The van der Waals surface area contributed by atoms with Crippen LogP contribution in [-0.4, -0.2) is 11.5 Å². The number of rotatable bonds is 4. The molecule has 60 valence electrons. The molecular weight excluding hydrogens is 156 g/mol. The molecule has 2 nitrogen and oxygen atoms in total. The van der Waals surface area contributed by atoms with E-state index in [1.807, 2.05) is 11.6 Å². The van der Waals surface area contributed by atoms with Crippen LogP contribution in [0.3, 0.4) is 0 Å². The van der Waals surface area contributed by atoms with Gasteiger partial charge in [-0.25, -0.2) is 4.98 Å². The molecule has 0 aliphatic heterocycles. The third-order valence-electron chi connectivity index (χ3n) is 1.28. The minimum atomic E-state index is 0.731. The molecule has 0 atom stereocenters. The summed E-state index contributed by atoms with van der Waals surface area (Å²) in [6.45, 7) is 0.731. The molecule has 1 aromatic heterocycles. The van der Waals surface area contributed by atoms with Crippen LogP contribution in [-0.2, 0) is 6.42 Å². The van der Waals surface area contributed by atoms with Crippen molar-refractivity contribution in [2.24, 2.45) is 5.73 Å². The Balaban J connectivity index is 2.23. The first-order chi connectivity index (χ1) is 5.43. The van der Waals surface area contributed by atoms with Crippen LogP contribution < -0.4 is 5.73 Å². The van der Waals surface area contributed by atoms with Gasteiger partial charge in [-0.05, 0) is 13.0 Å². The molecule has 1 aromatic rings. The van der Waals surface area contributed by atoms with Crippen LogP contribution in [0.15, 0.2) is 23.7 Å². The van der Waals surface area contributed by atoms with Crippen molar-refractivity contribution in [1.29, 1.82) is 0 Å². The highest BCUT2D eigenvalue weighted by atomic mass is 32.1. The zero-order valence-electron chi connectivity index (χ0n) is 6.36. The lowest BCUT2D eigenvalue weighted by Crippen LogP contribution is -1.95. The molecule has 0 aromatic carbocycles. The summed E-state index contributed by atoms with van der Waals surface area (Å²) in [5, 5.41) is 3.16. The Hall–Kier alpha value is -0.670. The average molecular weight is 168 g/mol. The predicted octanol–water partition coefficient (Wildman–Crippen LogP) is 1.59. The number of thiazole rings is 1. The normalized spacial score (nSPS) is 11.0. The van der Waals surface area contributed by atoms with E-state index in [-0.39, 0.29) is 0 Å². The second kappa shape index (κ2) is 5.04. The molecule has 0 radical (unpaired) electrons. The lowest BCUT2D eigenvalue weighted by molar-refractivity contribution is 1.000. The van der Waals surface area contributed by atoms with Crippen molar-refractivity contribution in [3.63, 3.8) is 0 Å². The molecule has 0 unspecified atom stereocenters. The van der Waals surface area contributed by atoms with Crippen LogP contribution in [0.2, 0.25) is 0 Å². The highest BCUT2D eigenvalue weighted by Crippen LogP contribution is 2.04. The van der Waals surface area contributed by atoms with E-state index < -0.39 is 0 Å². The van der Waals surface area contributed by atoms with Gasteiger partial charge in [-0.1, -0.05) is 12.2 Å². The fourth-order valence-electron chi connectivity index (χ4n) is 0.752. The Labute approximate surface area is 70.8 Å². The van der Waals surface area contributed by atoms with Gasteiger partial charge in [-0.2, -0.15) is 0 Å². The Morgan fingerprint density at radius 2 is 2.45 bits per heavy atom. The summed E-state index contributed by atoms with van der Waals surface area (Å²) in [5.41, 5.74) is 5.32. The first-order valence-corrected chi connectivity index (χ1v) is 4.55. The maximum absolute atomic E-state index is 5.32. The first-order valence-electron chi connectivity index (χ1n) is 3.67. The Kier molecular flexibility index (Phi) is 3.86. The smallest absolute Gasteiger partial charge is 0.0962 e. The van der Waals surface area contributed by atoms with E-state index in [0.29, 0.717) is 0 Å². The van der Waals surface area contributed by atoms with Crippen molar-refractivity contribution in [3.05, 3.63) is 28.7 Å². The quantitative estimate of drug-likeness (QED) is 0.693. The van der Waals surface area contributed by atoms with Crippen LogP contribution in [0.4, 0.5) is 0 Å². The summed E-state index contributed by atoms with van der Waals surface area (Å²) in [5.74, 6) is 0. The summed E-state index contributed by atoms with van der Waals surface area (Å²) in [6.07, 6.45) is 7.95. The molecule has 0 aliphatic rings. The molecule has 0 saturated heterocycles. The molecule has 0 bridgehead atoms. The van der Waals surface area contributed by atoms with Gasteiger partial charge in [-0.15, -0.1) is 11.3 Å². The molecule has 11 heavy (non-hydrogen) atoms. The van der Waals surface area contributed by atoms with Gasteiger partial charge in [0.25, 0.3) is 0 Å². The molecule has 1 rings (SSSR count). The summed E-state index contributed by atoms with van der Waals surface area (Å²) in [6, 6.07) is 0. The Morgan fingerprint density at radius 1 is 1.55 bits per heavy atom. The third kappa shape index (κ3) is 3.30. The van der Waals surface area contributed by atoms with Crippen molar-refractivity contribution in [2.75, 3.05) is 6.54 Å². The van der Waals surface area contributed by atoms with Gasteiger partial charge in [0, 0.05) is 18.0 Å². The zero-order chi connectivity index (χ0) is 7.94. The van der Waals surface area contributed by atoms with Crippen LogP contribution in [0.25, 0.3) is 0 Å². The van der Waals surface area contributed by atoms with Gasteiger partial charge in [0.15, 0.2) is 0 Å². The number of nitrogens with two attached hydrogens (primary N) is 1. The highest BCUT2D eigenvalue weighted by Gasteiger charge is 1.88. The van der Waals surface area contributed by atoms with Crippen LogP contribution in [0.1, 0.15) is 11.4 Å². The van der Waals surface area contributed by atoms with Gasteiger partial charge < -0.3 is 5.73 Å². The average Bonchev–Trinajstić information content (AvgIpc) is 2.50. The Morgan fingerprint density at radius 3 is 3.09 bits per heavy atom. The van der Waals surface area contributed by atoms with Crippen molar-refractivity contribution >= 4 is 11.3 Å². The molecular formula is C8H12N2S. The lowest BCUT2D eigenvalue weighted by Gasteiger charge is -1.86. The maximum atomic E-state index is 5.32. The number of aromatic nitrogens is 1. The van der Waals surface area contributed by atoms with Crippen LogP contribution in [0.5, 0.6) is 0 Å². The third-order valence-corrected chi connectivity index (χ3v) is 2.08. The number of hydrogen-bond donors (Lipinski definition) is 1. The Bertz CT molecular complexity index is 204. The van der Waals surface area contributed by atoms with Gasteiger partial charge in [0.1, 0.15) is 0 Å². The predicted molar refractivity (Wildman–Crippen MR) is 48.6 cm³/mol. The molecule has 3 heteroatoms. The molecule has 2 N–H and O–H groups in total. The largest absolute Gasteiger partial charge is 0.330 e. The molecule has 1 heterocycles. The summed E-state index contributed by atoms with van der Waals surface area (Å²) < 4.78 is 0. The topological polar surface area (TPSA) is 38.9 Å². The molecule has 0 aliphatic carbocycles. The van der Waals surface area contributed by atoms with Gasteiger partial charge in [0.05, 0.1) is 5.01 Å². The molecule has 0 spiro atoms. The van der Waals surface area contributed by atoms with E-state index in [1.165, 1.54) is 5.01 Å². The van der Waals surface area contributed by atoms with Gasteiger partial charge >= 0.3 is 0 Å². The minimum Gasteiger partial charge on any atom is -0.330 e. The van der Waals surface area contributed by atoms with Crippen molar-refractivity contribution < 1.29 is 0 Å². The van der Waals surface area contributed by atoms with E-state index >= 15 is 0 Å².